The van der Waals surface area contributed by atoms with Gasteiger partial charge in [0.1, 0.15) is 6.61 Å². The van der Waals surface area contributed by atoms with Crippen molar-refractivity contribution in [3.63, 3.8) is 0 Å². The molecule has 2 heterocycles. The number of carbonyl (C=O) groups is 1. The van der Waals surface area contributed by atoms with E-state index in [1.807, 2.05) is 66.9 Å². The molecule has 3 aromatic carbocycles. The number of fused-ring (bicyclic) bond motifs is 1. The van der Waals surface area contributed by atoms with Crippen LogP contribution in [-0.2, 0) is 11.4 Å². The third-order valence-electron chi connectivity index (χ3n) is 7.20. The Morgan fingerprint density at radius 1 is 0.947 bits per heavy atom. The second-order valence-corrected chi connectivity index (χ2v) is 9.54. The Morgan fingerprint density at radius 3 is 2.26 bits per heavy atom. The van der Waals surface area contributed by atoms with Gasteiger partial charge in [-0.05, 0) is 66.9 Å². The van der Waals surface area contributed by atoms with Crippen molar-refractivity contribution in [3.05, 3.63) is 95.7 Å². The van der Waals surface area contributed by atoms with Crippen LogP contribution in [0, 0.1) is 5.92 Å². The van der Waals surface area contributed by atoms with Gasteiger partial charge in [0.2, 0.25) is 5.75 Å². The fourth-order valence-corrected chi connectivity index (χ4v) is 5.19. The summed E-state index contributed by atoms with van der Waals surface area (Å²) in [6, 6.07) is 24.0. The molecule has 5 rings (SSSR count). The Kier molecular flexibility index (Phi) is 7.75. The monoisotopic (exact) mass is 512 g/mol. The lowest BCUT2D eigenvalue weighted by Crippen LogP contribution is -2.39. The maximum absolute atomic E-state index is 11.6. The van der Waals surface area contributed by atoms with E-state index in [0.29, 0.717) is 49.8 Å². The van der Waals surface area contributed by atoms with Crippen LogP contribution in [0.15, 0.2) is 79.0 Å². The number of likely N-dealkylation sites (tertiary alicyclic amines) is 1. The Bertz CT molecular complexity index is 1380. The number of aliphatic carboxylic acids is 1. The highest BCUT2D eigenvalue weighted by Crippen LogP contribution is 2.43. The number of nitrogens with zero attached hydrogens (tertiary/aromatic N) is 2. The molecule has 0 amide bonds. The Morgan fingerprint density at radius 2 is 1.61 bits per heavy atom. The van der Waals surface area contributed by atoms with Crippen LogP contribution in [-0.4, -0.2) is 48.3 Å². The minimum Gasteiger partial charge on any atom is -0.493 e. The van der Waals surface area contributed by atoms with E-state index < -0.39 is 5.97 Å². The van der Waals surface area contributed by atoms with E-state index in [1.165, 1.54) is 0 Å². The van der Waals surface area contributed by atoms with Gasteiger partial charge in [0, 0.05) is 11.6 Å². The molecule has 7 nitrogen and oxygen atoms in total. The third kappa shape index (κ3) is 5.43. The lowest BCUT2D eigenvalue weighted by molar-refractivity contribution is -0.143. The predicted molar refractivity (Wildman–Crippen MR) is 146 cm³/mol. The van der Waals surface area contributed by atoms with Gasteiger partial charge in [-0.3, -0.25) is 14.7 Å². The molecule has 4 aromatic rings. The van der Waals surface area contributed by atoms with E-state index in [1.54, 1.807) is 14.2 Å². The van der Waals surface area contributed by atoms with E-state index in [2.05, 4.69) is 17.0 Å². The summed E-state index contributed by atoms with van der Waals surface area (Å²) in [5.74, 6) is 0.655. The molecule has 196 valence electrons. The molecule has 1 fully saturated rings. The number of hydrogen-bond acceptors (Lipinski definition) is 6. The minimum atomic E-state index is -0.725. The van der Waals surface area contributed by atoms with Crippen molar-refractivity contribution in [3.8, 4) is 17.2 Å². The quantitative estimate of drug-likeness (QED) is 0.307. The van der Waals surface area contributed by atoms with Gasteiger partial charge in [-0.25, -0.2) is 0 Å². The standard InChI is InChI=1S/C31H32N2O5/c1-36-27-17-24(18-28(37-2)30(27)38-20-21-8-4-3-5-9-21)29(33-14-12-22(13-15-33)31(34)35)25-16-23-10-6-7-11-26(23)32-19-25/h3-11,16-19,22,29H,12-15,20H2,1-2H3,(H,34,35). The molecule has 0 radical (unpaired) electrons. The van der Waals surface area contributed by atoms with Crippen molar-refractivity contribution in [2.45, 2.75) is 25.5 Å². The van der Waals surface area contributed by atoms with Gasteiger partial charge in [-0.1, -0.05) is 48.5 Å². The highest BCUT2D eigenvalue weighted by Gasteiger charge is 2.32. The molecule has 1 aromatic heterocycles. The van der Waals surface area contributed by atoms with Crippen molar-refractivity contribution in [2.75, 3.05) is 27.3 Å². The highest BCUT2D eigenvalue weighted by molar-refractivity contribution is 5.79. The van der Waals surface area contributed by atoms with E-state index in [-0.39, 0.29) is 12.0 Å². The smallest absolute Gasteiger partial charge is 0.306 e. The van der Waals surface area contributed by atoms with Crippen molar-refractivity contribution < 1.29 is 24.1 Å². The average Bonchev–Trinajstić information content (AvgIpc) is 2.96. The molecule has 7 heteroatoms. The number of rotatable bonds is 9. The zero-order valence-corrected chi connectivity index (χ0v) is 21.7. The molecule has 1 saturated heterocycles. The van der Waals surface area contributed by atoms with E-state index >= 15 is 0 Å². The zero-order chi connectivity index (χ0) is 26.5. The van der Waals surface area contributed by atoms with Crippen molar-refractivity contribution in [1.29, 1.82) is 0 Å². The first kappa shape index (κ1) is 25.5. The van der Waals surface area contributed by atoms with Gasteiger partial charge in [-0.2, -0.15) is 0 Å². The number of hydrogen-bond donors (Lipinski definition) is 1. The van der Waals surface area contributed by atoms with Crippen LogP contribution >= 0.6 is 0 Å². The van der Waals surface area contributed by atoms with Gasteiger partial charge in [0.25, 0.3) is 0 Å². The molecule has 1 atom stereocenters. The van der Waals surface area contributed by atoms with Crippen LogP contribution in [0.2, 0.25) is 0 Å². The Labute approximate surface area is 222 Å². The minimum absolute atomic E-state index is 0.159. The molecule has 38 heavy (non-hydrogen) atoms. The number of benzene rings is 3. The van der Waals surface area contributed by atoms with E-state index in [4.69, 9.17) is 19.2 Å². The van der Waals surface area contributed by atoms with Crippen LogP contribution in [0.25, 0.3) is 10.9 Å². The lowest BCUT2D eigenvalue weighted by Gasteiger charge is -2.37. The van der Waals surface area contributed by atoms with Crippen molar-refractivity contribution in [1.82, 2.24) is 9.88 Å². The summed E-state index contributed by atoms with van der Waals surface area (Å²) in [5, 5.41) is 10.6. The maximum Gasteiger partial charge on any atom is 0.306 e. The van der Waals surface area contributed by atoms with Crippen molar-refractivity contribution in [2.24, 2.45) is 5.92 Å². The first-order valence-electron chi connectivity index (χ1n) is 12.8. The third-order valence-corrected chi connectivity index (χ3v) is 7.20. The topological polar surface area (TPSA) is 81.1 Å². The average molecular weight is 513 g/mol. The first-order chi connectivity index (χ1) is 18.6. The number of pyridine rings is 1. The summed E-state index contributed by atoms with van der Waals surface area (Å²) in [5.41, 5.74) is 3.97. The Hall–Kier alpha value is -4.10. The molecule has 0 saturated carbocycles. The normalized spacial score (nSPS) is 15.2. The fourth-order valence-electron chi connectivity index (χ4n) is 5.19. The van der Waals surface area contributed by atoms with Gasteiger partial charge < -0.3 is 19.3 Å². The molecule has 0 aliphatic carbocycles. The number of aromatic nitrogens is 1. The van der Waals surface area contributed by atoms with Gasteiger partial charge >= 0.3 is 5.97 Å². The second-order valence-electron chi connectivity index (χ2n) is 9.54. The Balaban J connectivity index is 1.54. The molecular formula is C31H32N2O5. The van der Waals surface area contributed by atoms with Gasteiger partial charge in [0.05, 0.1) is 31.7 Å². The summed E-state index contributed by atoms with van der Waals surface area (Å²) in [6.45, 7) is 1.70. The lowest BCUT2D eigenvalue weighted by atomic mass is 9.91. The molecule has 0 bridgehead atoms. The maximum atomic E-state index is 11.6. The van der Waals surface area contributed by atoms with Crippen LogP contribution in [0.3, 0.4) is 0 Å². The molecule has 1 aliphatic rings. The first-order valence-corrected chi connectivity index (χ1v) is 12.8. The summed E-state index contributed by atoms with van der Waals surface area (Å²) in [4.78, 5) is 18.7. The largest absolute Gasteiger partial charge is 0.493 e. The highest BCUT2D eigenvalue weighted by atomic mass is 16.5. The number of para-hydroxylation sites is 1. The molecule has 1 unspecified atom stereocenters. The van der Waals surface area contributed by atoms with Crippen molar-refractivity contribution >= 4 is 16.9 Å². The van der Waals surface area contributed by atoms with Crippen LogP contribution < -0.4 is 14.2 Å². The second kappa shape index (κ2) is 11.5. The summed E-state index contributed by atoms with van der Waals surface area (Å²) < 4.78 is 17.8. The zero-order valence-electron chi connectivity index (χ0n) is 21.7. The number of carboxylic acid groups (broad SMARTS) is 1. The molecule has 1 aliphatic heterocycles. The fraction of sp³-hybridized carbons (Fsp3) is 0.290. The number of methoxy groups -OCH3 is 2. The van der Waals surface area contributed by atoms with E-state index in [0.717, 1.165) is 27.6 Å². The summed E-state index contributed by atoms with van der Waals surface area (Å²) in [6.07, 6.45) is 3.10. The summed E-state index contributed by atoms with van der Waals surface area (Å²) in [7, 11) is 3.25. The number of ether oxygens (including phenoxy) is 3. The predicted octanol–water partition coefficient (Wildman–Crippen LogP) is 5.72. The van der Waals surface area contributed by atoms with E-state index in [9.17, 15) is 9.90 Å². The number of carboxylic acids is 1. The number of piperidine rings is 1. The van der Waals surface area contributed by atoms with Gasteiger partial charge in [-0.15, -0.1) is 0 Å². The molecule has 1 N–H and O–H groups in total. The van der Waals surface area contributed by atoms with Crippen LogP contribution in [0.1, 0.15) is 35.6 Å². The molecule has 0 spiro atoms. The van der Waals surface area contributed by atoms with Gasteiger partial charge in [0.15, 0.2) is 11.5 Å². The summed E-state index contributed by atoms with van der Waals surface area (Å²) >= 11 is 0. The molecular weight excluding hydrogens is 480 g/mol. The van der Waals surface area contributed by atoms with Crippen LogP contribution in [0.5, 0.6) is 17.2 Å². The van der Waals surface area contributed by atoms with Crippen LogP contribution in [0.4, 0.5) is 0 Å². The SMILES string of the molecule is COc1cc(C(c2cnc3ccccc3c2)N2CCC(C(=O)O)CC2)cc(OC)c1OCc1ccccc1.